The van der Waals surface area contributed by atoms with E-state index in [0.29, 0.717) is 44.6 Å². The molecule has 24 heavy (non-hydrogen) atoms. The van der Waals surface area contributed by atoms with Crippen molar-refractivity contribution in [2.75, 3.05) is 26.7 Å². The highest BCUT2D eigenvalue weighted by molar-refractivity contribution is 5.98. The Kier molecular flexibility index (Phi) is 5.99. The second kappa shape index (κ2) is 7.79. The van der Waals surface area contributed by atoms with Gasteiger partial charge in [0, 0.05) is 43.6 Å². The van der Waals surface area contributed by atoms with Crippen LogP contribution in [-0.4, -0.2) is 43.3 Å². The predicted octanol–water partition coefficient (Wildman–Crippen LogP) is 2.38. The summed E-state index contributed by atoms with van der Waals surface area (Å²) in [5, 5.41) is 2.94. The molecule has 1 heterocycles. The monoisotopic (exact) mass is 342 g/mol. The summed E-state index contributed by atoms with van der Waals surface area (Å²) in [5.41, 5.74) is -0.690. The van der Waals surface area contributed by atoms with Crippen molar-refractivity contribution in [3.63, 3.8) is 0 Å². The molecule has 1 aromatic carbocycles. The minimum absolute atomic E-state index is 0.00519. The van der Waals surface area contributed by atoms with E-state index in [4.69, 9.17) is 0 Å². The third kappa shape index (κ3) is 3.95. The highest BCUT2D eigenvalue weighted by Gasteiger charge is 2.32. The Hall–Kier alpha value is -1.89. The minimum Gasteiger partial charge on any atom is -0.342 e. The molecule has 1 N–H and O–H groups in total. The summed E-state index contributed by atoms with van der Waals surface area (Å²) >= 11 is 0. The van der Waals surface area contributed by atoms with E-state index in [0.717, 1.165) is 0 Å². The van der Waals surface area contributed by atoms with Crippen molar-refractivity contribution in [2.45, 2.75) is 19.8 Å². The third-order valence-electron chi connectivity index (χ3n) is 4.36. The van der Waals surface area contributed by atoms with Gasteiger partial charge in [-0.1, -0.05) is 6.92 Å². The number of carbonyl (C=O) groups is 2. The Bertz CT molecular complexity index is 605. The molecule has 7 heteroatoms. The Morgan fingerprint density at radius 3 is 2.25 bits per heavy atom. The second-order valence-corrected chi connectivity index (χ2v) is 6.17. The van der Waals surface area contributed by atoms with Gasteiger partial charge in [0.05, 0.1) is 5.56 Å². The lowest BCUT2D eigenvalue weighted by Gasteiger charge is -2.33. The maximum atomic E-state index is 13.7. The van der Waals surface area contributed by atoms with Crippen LogP contribution in [0.5, 0.6) is 0 Å². The number of rotatable bonds is 5. The lowest BCUT2D eigenvalue weighted by atomic mass is 9.88. The topological polar surface area (TPSA) is 49.4 Å². The van der Waals surface area contributed by atoms with Gasteiger partial charge in [-0.2, -0.15) is 0 Å². The van der Waals surface area contributed by atoms with E-state index in [1.54, 1.807) is 11.9 Å². The fraction of sp³-hybridized carbons (Fsp3) is 0.529. The molecule has 132 valence electrons. The molecule has 0 radical (unpaired) electrons. The number of benzene rings is 1. The average molecular weight is 342 g/mol. The van der Waals surface area contributed by atoms with Crippen LogP contribution >= 0.6 is 0 Å². The lowest BCUT2D eigenvalue weighted by molar-refractivity contribution is -0.136. The van der Waals surface area contributed by atoms with E-state index >= 15 is 0 Å². The maximum absolute atomic E-state index is 13.7. The summed E-state index contributed by atoms with van der Waals surface area (Å²) in [6.45, 7) is 3.12. The van der Waals surface area contributed by atoms with Gasteiger partial charge in [0.15, 0.2) is 5.78 Å². The lowest BCUT2D eigenvalue weighted by Crippen LogP contribution is -2.44. The number of hydrogen-bond donors (Lipinski definition) is 1. The van der Waals surface area contributed by atoms with Crippen LogP contribution in [0.15, 0.2) is 12.1 Å². The van der Waals surface area contributed by atoms with Gasteiger partial charge in [0.25, 0.3) is 0 Å². The summed E-state index contributed by atoms with van der Waals surface area (Å²) in [5.74, 6) is -4.83. The van der Waals surface area contributed by atoms with E-state index < -0.39 is 34.7 Å². The Labute approximate surface area is 139 Å². The van der Waals surface area contributed by atoms with Crippen molar-refractivity contribution in [1.82, 2.24) is 10.2 Å². The second-order valence-electron chi connectivity index (χ2n) is 6.17. The first-order valence-electron chi connectivity index (χ1n) is 7.97. The van der Waals surface area contributed by atoms with Crippen molar-refractivity contribution in [3.8, 4) is 0 Å². The molecule has 1 fully saturated rings. The van der Waals surface area contributed by atoms with Crippen LogP contribution in [0, 0.1) is 29.3 Å². The highest BCUT2D eigenvalue weighted by atomic mass is 19.1. The Morgan fingerprint density at radius 1 is 1.21 bits per heavy atom. The van der Waals surface area contributed by atoms with Crippen LogP contribution in [-0.2, 0) is 4.79 Å². The van der Waals surface area contributed by atoms with Crippen LogP contribution < -0.4 is 5.32 Å². The molecule has 1 aromatic rings. The molecule has 1 aliphatic heterocycles. The largest absolute Gasteiger partial charge is 0.342 e. The zero-order chi connectivity index (χ0) is 17.9. The number of Topliss-reactive ketones (excluding diaryl/α,β-unsaturated/α-hetero) is 1. The normalized spacial score (nSPS) is 17.0. The molecule has 0 aliphatic carbocycles. The van der Waals surface area contributed by atoms with Crippen LogP contribution in [0.25, 0.3) is 0 Å². The Balaban J connectivity index is 2.02. The molecule has 1 amide bonds. The molecule has 4 nitrogen and oxygen atoms in total. The molecule has 0 bridgehead atoms. The summed E-state index contributed by atoms with van der Waals surface area (Å²) in [7, 11) is 1.76. The molecular formula is C17H21F3N2O2. The van der Waals surface area contributed by atoms with Crippen LogP contribution in [0.3, 0.4) is 0 Å². The number of piperidine rings is 1. The fourth-order valence-electron chi connectivity index (χ4n) is 3.05. The average Bonchev–Trinajstić information content (AvgIpc) is 2.53. The summed E-state index contributed by atoms with van der Waals surface area (Å²) in [6.07, 6.45) is 0.681. The highest BCUT2D eigenvalue weighted by Crippen LogP contribution is 2.26. The van der Waals surface area contributed by atoms with E-state index in [-0.39, 0.29) is 11.8 Å². The number of halogens is 3. The quantitative estimate of drug-likeness (QED) is 0.836. The van der Waals surface area contributed by atoms with Gasteiger partial charge in [0.2, 0.25) is 5.91 Å². The number of ketones is 1. The van der Waals surface area contributed by atoms with Crippen LogP contribution in [0.4, 0.5) is 13.2 Å². The predicted molar refractivity (Wildman–Crippen MR) is 83.0 cm³/mol. The molecule has 1 atom stereocenters. The number of nitrogens with one attached hydrogen (secondary N) is 1. The maximum Gasteiger partial charge on any atom is 0.226 e. The van der Waals surface area contributed by atoms with Crippen molar-refractivity contribution in [2.24, 2.45) is 11.8 Å². The van der Waals surface area contributed by atoms with Crippen LogP contribution in [0.2, 0.25) is 0 Å². The van der Waals surface area contributed by atoms with Gasteiger partial charge in [0.1, 0.15) is 17.5 Å². The Morgan fingerprint density at radius 2 is 1.75 bits per heavy atom. The number of likely N-dealkylation sites (tertiary alicyclic amines) is 1. The van der Waals surface area contributed by atoms with Gasteiger partial charge in [-0.3, -0.25) is 9.59 Å². The van der Waals surface area contributed by atoms with Gasteiger partial charge < -0.3 is 10.2 Å². The van der Waals surface area contributed by atoms with E-state index in [1.165, 1.54) is 0 Å². The van der Waals surface area contributed by atoms with Crippen molar-refractivity contribution in [3.05, 3.63) is 35.1 Å². The molecule has 1 saturated heterocycles. The molecule has 0 saturated carbocycles. The standard InChI is InChI=1S/C17H21F3N2O2/c1-10(9-21-2)17(24)22-5-3-11(4-6-22)16(23)15-13(19)7-12(18)8-14(15)20/h7-8,10-11,21H,3-6,9H2,1-2H3. The van der Waals surface area contributed by atoms with Crippen LogP contribution in [0.1, 0.15) is 30.1 Å². The molecule has 1 aliphatic rings. The van der Waals surface area contributed by atoms with Crippen molar-refractivity contribution in [1.29, 1.82) is 0 Å². The fourth-order valence-corrected chi connectivity index (χ4v) is 3.05. The number of amides is 1. The molecule has 0 spiro atoms. The zero-order valence-electron chi connectivity index (χ0n) is 13.7. The van der Waals surface area contributed by atoms with Crippen molar-refractivity contribution >= 4 is 11.7 Å². The van der Waals surface area contributed by atoms with Gasteiger partial charge >= 0.3 is 0 Å². The molecule has 2 rings (SSSR count). The summed E-state index contributed by atoms with van der Waals surface area (Å²) < 4.78 is 40.4. The number of nitrogens with zero attached hydrogens (tertiary/aromatic N) is 1. The van der Waals surface area contributed by atoms with Crippen molar-refractivity contribution < 1.29 is 22.8 Å². The third-order valence-corrected chi connectivity index (χ3v) is 4.36. The van der Waals surface area contributed by atoms with E-state index in [1.807, 2.05) is 6.92 Å². The minimum atomic E-state index is -1.18. The SMILES string of the molecule is CNCC(C)C(=O)N1CCC(C(=O)c2c(F)cc(F)cc2F)CC1. The zero-order valence-corrected chi connectivity index (χ0v) is 13.7. The molecule has 1 unspecified atom stereocenters. The molecular weight excluding hydrogens is 321 g/mol. The van der Waals surface area contributed by atoms with Gasteiger partial charge in [-0.15, -0.1) is 0 Å². The first-order chi connectivity index (χ1) is 11.3. The number of hydrogen-bond acceptors (Lipinski definition) is 3. The smallest absolute Gasteiger partial charge is 0.226 e. The molecule has 0 aromatic heterocycles. The van der Waals surface area contributed by atoms with Gasteiger partial charge in [-0.25, -0.2) is 13.2 Å². The van der Waals surface area contributed by atoms with E-state index in [9.17, 15) is 22.8 Å². The summed E-state index contributed by atoms with van der Waals surface area (Å²) in [4.78, 5) is 26.2. The summed E-state index contributed by atoms with van der Waals surface area (Å²) in [6, 6.07) is 1.02. The van der Waals surface area contributed by atoms with Gasteiger partial charge in [-0.05, 0) is 19.9 Å². The first kappa shape index (κ1) is 18.4. The number of carbonyl (C=O) groups excluding carboxylic acids is 2. The first-order valence-corrected chi connectivity index (χ1v) is 7.97. The van der Waals surface area contributed by atoms with E-state index in [2.05, 4.69) is 5.32 Å².